The van der Waals surface area contributed by atoms with Crippen molar-refractivity contribution in [2.75, 3.05) is 59.7 Å². The molecule has 3 amide bonds. The fourth-order valence-corrected chi connectivity index (χ4v) is 4.26. The van der Waals surface area contributed by atoms with Gasteiger partial charge in [0.15, 0.2) is 17.2 Å². The van der Waals surface area contributed by atoms with Gasteiger partial charge in [0.05, 0.1) is 43.1 Å². The molecule has 3 aromatic rings. The molecule has 0 fully saturated rings. The molecule has 0 saturated heterocycles. The molecule has 48 heavy (non-hydrogen) atoms. The zero-order valence-corrected chi connectivity index (χ0v) is 28.8. The molecule has 0 saturated carbocycles. The maximum Gasteiger partial charge on any atom is 0.294 e. The second kappa shape index (κ2) is 22.8. The summed E-state index contributed by atoms with van der Waals surface area (Å²) < 4.78 is 11.5. The van der Waals surface area contributed by atoms with Crippen LogP contribution in [0, 0.1) is 46.9 Å². The number of phenols is 2. The van der Waals surface area contributed by atoms with E-state index in [4.69, 9.17) is 9.47 Å². The first-order valence-electron chi connectivity index (χ1n) is 14.3. The zero-order chi connectivity index (χ0) is 32.8. The topological polar surface area (TPSA) is 263 Å². The van der Waals surface area contributed by atoms with E-state index in [9.17, 15) is 34.5 Å². The van der Waals surface area contributed by atoms with E-state index >= 15 is 0 Å². The maximum absolute atomic E-state index is 12.7. The van der Waals surface area contributed by atoms with E-state index in [2.05, 4.69) is 21.3 Å². The Labute approximate surface area is 309 Å². The van der Waals surface area contributed by atoms with Crippen LogP contribution in [-0.2, 0) is 16.0 Å². The van der Waals surface area contributed by atoms with E-state index in [0.717, 1.165) is 5.56 Å². The van der Waals surface area contributed by atoms with Gasteiger partial charge in [-0.1, -0.05) is 30.3 Å². The molecular weight excluding hydrogens is 776 g/mol. The molecule has 16 nitrogen and oxygen atoms in total. The van der Waals surface area contributed by atoms with Crippen LogP contribution in [-0.4, -0.2) is 108 Å². The van der Waals surface area contributed by atoms with Gasteiger partial charge in [-0.15, -0.1) is 0 Å². The van der Waals surface area contributed by atoms with E-state index in [1.807, 2.05) is 30.3 Å². The fourth-order valence-electron chi connectivity index (χ4n) is 4.26. The number of carbonyl (C=O) groups is 3. The van der Waals surface area contributed by atoms with Gasteiger partial charge in [-0.2, -0.15) is 0 Å². The molecule has 0 bridgehead atoms. The average molecular weight is 819 g/mol. The first kappa shape index (κ1) is 44.3. The third kappa shape index (κ3) is 12.7. The fraction of sp³-hybridized carbons (Fsp3) is 0.355. The Morgan fingerprint density at radius 2 is 1.23 bits per heavy atom. The molecule has 3 rings (SSSR count). The van der Waals surface area contributed by atoms with Crippen molar-refractivity contribution in [1.82, 2.24) is 25.8 Å². The minimum Gasteiger partial charge on any atom is -0.504 e. The van der Waals surface area contributed by atoms with E-state index in [0.29, 0.717) is 32.0 Å². The van der Waals surface area contributed by atoms with Crippen molar-refractivity contribution in [2.24, 2.45) is 0 Å². The van der Waals surface area contributed by atoms with Crippen LogP contribution >= 0.6 is 0 Å². The number of aryl methyl sites for hydroxylation is 1. The number of pyridine rings is 1. The molecule has 0 radical (unpaired) electrons. The summed E-state index contributed by atoms with van der Waals surface area (Å²) in [6, 6.07) is 13.2. The van der Waals surface area contributed by atoms with Gasteiger partial charge in [0.2, 0.25) is 0 Å². The molecule has 266 valence electrons. The van der Waals surface area contributed by atoms with Crippen molar-refractivity contribution < 1.29 is 90.1 Å². The van der Waals surface area contributed by atoms with Crippen molar-refractivity contribution in [3.8, 4) is 17.2 Å². The molecule has 0 aliphatic rings. The molecule has 11 N–H and O–H groups in total. The number of rotatable bonds is 17. The summed E-state index contributed by atoms with van der Waals surface area (Å²) >= 11 is 0. The normalized spacial score (nSPS) is 10.1. The van der Waals surface area contributed by atoms with Crippen LogP contribution in [0.1, 0.15) is 42.3 Å². The first-order valence-corrected chi connectivity index (χ1v) is 14.3. The molecule has 17 heteroatoms. The van der Waals surface area contributed by atoms with Crippen LogP contribution in [0.15, 0.2) is 53.3 Å². The van der Waals surface area contributed by atoms with Gasteiger partial charge in [-0.25, -0.2) is 0 Å². The molecule has 2 aromatic carbocycles. The number of ether oxygens (including phenoxy) is 2. The number of carbonyl (C=O) groups excluding carboxylic acids is 3. The largest absolute Gasteiger partial charge is 0.504 e. The quantitative estimate of drug-likeness (QED) is 0.0633. The van der Waals surface area contributed by atoms with Crippen molar-refractivity contribution in [1.29, 1.82) is 0 Å². The number of benzene rings is 2. The Hall–Kier alpha value is -3.68. The maximum atomic E-state index is 12.7. The number of methoxy groups -OCH3 is 1. The first-order chi connectivity index (χ1) is 21.6. The number of nitrogens with zero attached hydrogens (tertiary/aromatic N) is 1. The molecule has 0 aliphatic carbocycles. The summed E-state index contributed by atoms with van der Waals surface area (Å²) in [7, 11) is 1.54. The van der Waals surface area contributed by atoms with Gasteiger partial charge >= 0.3 is 0 Å². The molecule has 0 spiro atoms. The predicted molar refractivity (Wildman–Crippen MR) is 172 cm³/mol. The third-order valence-corrected chi connectivity index (χ3v) is 6.69. The Morgan fingerprint density at radius 3 is 1.77 bits per heavy atom. The number of aromatic nitrogens is 1. The smallest absolute Gasteiger partial charge is 0.294 e. The van der Waals surface area contributed by atoms with Crippen LogP contribution in [0.5, 0.6) is 17.2 Å². The van der Waals surface area contributed by atoms with Crippen molar-refractivity contribution in [2.45, 2.75) is 13.5 Å². The van der Waals surface area contributed by atoms with E-state index in [1.165, 1.54) is 22.8 Å². The second-order valence-electron chi connectivity index (χ2n) is 9.91. The summed E-state index contributed by atoms with van der Waals surface area (Å²) in [4.78, 5) is 50.1. The number of hydrogen-bond donors (Lipinski definition) is 7. The van der Waals surface area contributed by atoms with Crippen molar-refractivity contribution >= 4 is 17.7 Å². The SMILES string of the molecule is COCCOCCNC(=O)c1ccc(C(=O)NCCNCCNC(=O)c2cc(C)n(Cc3ccccc3)c(=O)c2O)c(O)c1O.O.O.[Gd]. The summed E-state index contributed by atoms with van der Waals surface area (Å²) in [5.74, 6) is -3.97. The summed E-state index contributed by atoms with van der Waals surface area (Å²) in [5.41, 5.74) is 0.229. The minimum absolute atomic E-state index is 0. The number of aromatic hydroxyl groups is 3. The standard InChI is InChI=1S/C31H39N5O9.Gd.2H2O/c1-20-18-24(27(39)31(43)36(20)19-21-6-4-3-5-7-21)30(42)34-13-11-32-10-12-33-28(40)22-8-9-23(26(38)25(22)37)29(41)35-14-15-45-17-16-44-2;;;/h3-9,18,32,37-39H,10-17,19H2,1-2H3,(H,33,40)(H,34,42)(H,35,41);;2*1H2. The Morgan fingerprint density at radius 1 is 0.708 bits per heavy atom. The summed E-state index contributed by atoms with van der Waals surface area (Å²) in [5, 5.41) is 41.8. The van der Waals surface area contributed by atoms with Crippen LogP contribution < -0.4 is 26.8 Å². The molecule has 0 aliphatic heterocycles. The minimum atomic E-state index is -0.724. The number of hydrogen-bond acceptors (Lipinski definition) is 10. The van der Waals surface area contributed by atoms with Gasteiger partial charge < -0.3 is 61.6 Å². The molecule has 1 heterocycles. The Balaban J connectivity index is 0.00000736. The van der Waals surface area contributed by atoms with Gasteiger partial charge in [-0.05, 0) is 30.7 Å². The molecule has 1 aromatic heterocycles. The van der Waals surface area contributed by atoms with Crippen LogP contribution in [0.2, 0.25) is 0 Å². The summed E-state index contributed by atoms with van der Waals surface area (Å²) in [6.07, 6.45) is 0. The number of phenolic OH excluding ortho intramolecular Hbond substituents is 2. The van der Waals surface area contributed by atoms with Gasteiger partial charge in [0.25, 0.3) is 23.3 Å². The van der Waals surface area contributed by atoms with E-state index in [1.54, 1.807) is 14.0 Å². The van der Waals surface area contributed by atoms with Crippen molar-refractivity contribution in [3.63, 3.8) is 0 Å². The van der Waals surface area contributed by atoms with Crippen LogP contribution in [0.25, 0.3) is 0 Å². The third-order valence-electron chi connectivity index (χ3n) is 6.69. The van der Waals surface area contributed by atoms with Gasteiger partial charge in [0, 0.05) is 85.5 Å². The van der Waals surface area contributed by atoms with Crippen molar-refractivity contribution in [3.05, 3.63) is 86.8 Å². The second-order valence-corrected chi connectivity index (χ2v) is 9.91. The average Bonchev–Trinajstić information content (AvgIpc) is 3.03. The van der Waals surface area contributed by atoms with E-state index in [-0.39, 0.29) is 100 Å². The number of nitrogens with one attached hydrogen (secondary N) is 4. The van der Waals surface area contributed by atoms with Crippen LogP contribution in [0.3, 0.4) is 0 Å². The van der Waals surface area contributed by atoms with Gasteiger partial charge in [-0.3, -0.25) is 19.2 Å². The van der Waals surface area contributed by atoms with E-state index < -0.39 is 40.5 Å². The summed E-state index contributed by atoms with van der Waals surface area (Å²) in [6.45, 7) is 4.10. The Bertz CT molecular complexity index is 1540. The number of amides is 3. The molecule has 0 unspecified atom stereocenters. The predicted octanol–water partition coefficient (Wildman–Crippen LogP) is -1.19. The zero-order valence-electron chi connectivity index (χ0n) is 26.6. The monoisotopic (exact) mass is 819 g/mol. The Kier molecular flexibility index (Phi) is 21.1. The van der Waals surface area contributed by atoms with Crippen LogP contribution in [0.4, 0.5) is 0 Å². The van der Waals surface area contributed by atoms with Gasteiger partial charge in [0.1, 0.15) is 0 Å². The molecular formula is C31H43GdN5O11. The molecule has 0 atom stereocenters.